The van der Waals surface area contributed by atoms with Gasteiger partial charge in [0.2, 0.25) is 0 Å². The van der Waals surface area contributed by atoms with Crippen molar-refractivity contribution in [1.82, 2.24) is 0 Å². The van der Waals surface area contributed by atoms with Crippen molar-refractivity contribution in [2.24, 2.45) is 0 Å². The summed E-state index contributed by atoms with van der Waals surface area (Å²) in [5.41, 5.74) is -0.194. The second kappa shape index (κ2) is 6.36. The first kappa shape index (κ1) is 15.7. The lowest BCUT2D eigenvalue weighted by Crippen LogP contribution is -2.16. The molecule has 2 aromatic rings. The van der Waals surface area contributed by atoms with Gasteiger partial charge >= 0.3 is 0 Å². The molecule has 0 aromatic heterocycles. The highest BCUT2D eigenvalue weighted by atomic mass is 127. The van der Waals surface area contributed by atoms with Crippen LogP contribution < -0.4 is 5.32 Å². The molecule has 0 saturated heterocycles. The highest BCUT2D eigenvalue weighted by Crippen LogP contribution is 2.24. The Morgan fingerprint density at radius 2 is 1.80 bits per heavy atom. The molecule has 20 heavy (non-hydrogen) atoms. The van der Waals surface area contributed by atoms with Gasteiger partial charge in [0.05, 0.1) is 5.69 Å². The fraction of sp³-hybridized carbons (Fsp3) is 0. The van der Waals surface area contributed by atoms with Crippen LogP contribution in [0.1, 0.15) is 10.4 Å². The summed E-state index contributed by atoms with van der Waals surface area (Å²) in [4.78, 5) is 12.0. The number of carbonyl (C=O) groups excluding carboxylic acids is 1. The quantitative estimate of drug-likeness (QED) is 0.596. The summed E-state index contributed by atoms with van der Waals surface area (Å²) in [5, 5.41) is 2.96. The fourth-order valence-electron chi connectivity index (χ4n) is 1.53. The molecule has 104 valence electrons. The van der Waals surface area contributed by atoms with Crippen LogP contribution in [0, 0.1) is 15.2 Å². The molecular weight excluding hydrogens is 466 g/mol. The van der Waals surface area contributed by atoms with Crippen molar-refractivity contribution < 1.29 is 13.6 Å². The molecule has 2 aromatic carbocycles. The Hall–Kier alpha value is -0.730. The molecular formula is C13H6BrClF2INO. The van der Waals surface area contributed by atoms with Gasteiger partial charge in [-0.3, -0.25) is 4.79 Å². The summed E-state index contributed by atoms with van der Waals surface area (Å²) in [6.07, 6.45) is 0. The number of rotatable bonds is 2. The Morgan fingerprint density at radius 3 is 2.35 bits per heavy atom. The van der Waals surface area contributed by atoms with Crippen LogP contribution in [0.4, 0.5) is 14.5 Å². The van der Waals surface area contributed by atoms with E-state index in [1.165, 1.54) is 0 Å². The number of hydrogen-bond acceptors (Lipinski definition) is 1. The van der Waals surface area contributed by atoms with E-state index in [0.717, 1.165) is 12.1 Å². The van der Waals surface area contributed by atoms with Gasteiger partial charge in [-0.05, 0) is 52.9 Å². The fourth-order valence-corrected chi connectivity index (χ4v) is 2.94. The molecule has 7 heteroatoms. The van der Waals surface area contributed by atoms with E-state index in [1.54, 1.807) is 18.2 Å². The Balaban J connectivity index is 2.33. The Bertz CT molecular complexity index is 673. The molecule has 2 rings (SSSR count). The lowest BCUT2D eigenvalue weighted by Gasteiger charge is -2.09. The molecule has 0 aliphatic carbocycles. The van der Waals surface area contributed by atoms with Gasteiger partial charge in [0.1, 0.15) is 17.2 Å². The predicted octanol–water partition coefficient (Wildman–Crippen LogP) is 5.24. The second-order valence-corrected chi connectivity index (χ2v) is 6.34. The van der Waals surface area contributed by atoms with E-state index in [9.17, 15) is 13.6 Å². The third-order valence-corrected chi connectivity index (χ3v) is 4.00. The SMILES string of the molecule is O=C(Nc1ccc(Cl)cc1I)c1c(F)cc(Br)cc1F. The van der Waals surface area contributed by atoms with Crippen molar-refractivity contribution in [3.05, 3.63) is 60.6 Å². The Morgan fingerprint density at radius 1 is 1.20 bits per heavy atom. The summed E-state index contributed by atoms with van der Waals surface area (Å²) in [7, 11) is 0. The minimum Gasteiger partial charge on any atom is -0.321 e. The number of amides is 1. The van der Waals surface area contributed by atoms with E-state index in [1.807, 2.05) is 22.6 Å². The molecule has 0 aliphatic rings. The molecule has 0 spiro atoms. The van der Waals surface area contributed by atoms with Gasteiger partial charge in [0, 0.05) is 13.1 Å². The summed E-state index contributed by atoms with van der Waals surface area (Å²) >= 11 is 10.7. The van der Waals surface area contributed by atoms with Crippen molar-refractivity contribution in [2.75, 3.05) is 5.32 Å². The molecule has 0 unspecified atom stereocenters. The van der Waals surface area contributed by atoms with Crippen LogP contribution in [0.2, 0.25) is 5.02 Å². The highest BCUT2D eigenvalue weighted by Gasteiger charge is 2.19. The maximum absolute atomic E-state index is 13.7. The first-order chi connectivity index (χ1) is 9.38. The maximum Gasteiger partial charge on any atom is 0.261 e. The van der Waals surface area contributed by atoms with Crippen molar-refractivity contribution in [3.63, 3.8) is 0 Å². The molecule has 0 fully saturated rings. The normalized spacial score (nSPS) is 10.4. The monoisotopic (exact) mass is 471 g/mol. The first-order valence-electron chi connectivity index (χ1n) is 5.29. The van der Waals surface area contributed by atoms with E-state index in [4.69, 9.17) is 11.6 Å². The van der Waals surface area contributed by atoms with Crippen LogP contribution in [0.5, 0.6) is 0 Å². The zero-order valence-corrected chi connectivity index (χ0v) is 14.2. The van der Waals surface area contributed by atoms with Crippen LogP contribution in [0.3, 0.4) is 0 Å². The lowest BCUT2D eigenvalue weighted by atomic mass is 10.2. The van der Waals surface area contributed by atoms with E-state index < -0.39 is 23.1 Å². The lowest BCUT2D eigenvalue weighted by molar-refractivity contribution is 0.101. The van der Waals surface area contributed by atoms with E-state index >= 15 is 0 Å². The standard InChI is InChI=1S/C13H6BrClF2INO/c14-6-3-8(16)12(9(17)4-6)13(20)19-11-2-1-7(15)5-10(11)18/h1-5H,(H,19,20). The van der Waals surface area contributed by atoms with E-state index in [-0.39, 0.29) is 4.47 Å². The smallest absolute Gasteiger partial charge is 0.261 e. The molecule has 0 radical (unpaired) electrons. The van der Waals surface area contributed by atoms with Gasteiger partial charge in [-0.15, -0.1) is 0 Å². The van der Waals surface area contributed by atoms with Gasteiger partial charge in [-0.1, -0.05) is 27.5 Å². The zero-order valence-electron chi connectivity index (χ0n) is 9.68. The largest absolute Gasteiger partial charge is 0.321 e. The number of benzene rings is 2. The maximum atomic E-state index is 13.7. The van der Waals surface area contributed by atoms with Crippen molar-refractivity contribution >= 4 is 61.7 Å². The second-order valence-electron chi connectivity index (χ2n) is 3.82. The Labute approximate surface area is 140 Å². The molecule has 0 bridgehead atoms. The zero-order chi connectivity index (χ0) is 14.9. The topological polar surface area (TPSA) is 29.1 Å². The average Bonchev–Trinajstić information content (AvgIpc) is 2.31. The molecule has 1 amide bonds. The van der Waals surface area contributed by atoms with Crippen molar-refractivity contribution in [3.8, 4) is 0 Å². The van der Waals surface area contributed by atoms with Gasteiger partial charge in [0.25, 0.3) is 5.91 Å². The van der Waals surface area contributed by atoms with E-state index in [2.05, 4.69) is 21.2 Å². The van der Waals surface area contributed by atoms with Gasteiger partial charge in [-0.2, -0.15) is 0 Å². The number of anilines is 1. The molecule has 0 heterocycles. The minimum absolute atomic E-state index is 0.227. The number of nitrogens with one attached hydrogen (secondary N) is 1. The van der Waals surface area contributed by atoms with Gasteiger partial charge in [0.15, 0.2) is 0 Å². The van der Waals surface area contributed by atoms with Crippen LogP contribution in [0.25, 0.3) is 0 Å². The predicted molar refractivity (Wildman–Crippen MR) is 86.2 cm³/mol. The van der Waals surface area contributed by atoms with Gasteiger partial charge < -0.3 is 5.32 Å². The van der Waals surface area contributed by atoms with Gasteiger partial charge in [-0.25, -0.2) is 8.78 Å². The molecule has 0 atom stereocenters. The number of halogens is 5. The van der Waals surface area contributed by atoms with Crippen LogP contribution in [-0.2, 0) is 0 Å². The van der Waals surface area contributed by atoms with Crippen LogP contribution in [-0.4, -0.2) is 5.91 Å². The molecule has 0 saturated carbocycles. The van der Waals surface area contributed by atoms with Crippen molar-refractivity contribution in [2.45, 2.75) is 0 Å². The average molecular weight is 472 g/mol. The number of hydrogen-bond donors (Lipinski definition) is 1. The summed E-state index contributed by atoms with van der Waals surface area (Å²) < 4.78 is 28.2. The summed E-state index contributed by atoms with van der Waals surface area (Å²) in [6.45, 7) is 0. The molecule has 2 nitrogen and oxygen atoms in total. The third kappa shape index (κ3) is 3.48. The number of carbonyl (C=O) groups is 1. The molecule has 1 N–H and O–H groups in total. The van der Waals surface area contributed by atoms with Crippen LogP contribution in [0.15, 0.2) is 34.8 Å². The Kier molecular flexibility index (Phi) is 4.98. The summed E-state index contributed by atoms with van der Waals surface area (Å²) in [5.74, 6) is -2.72. The van der Waals surface area contributed by atoms with Crippen molar-refractivity contribution in [1.29, 1.82) is 0 Å². The summed E-state index contributed by atoms with van der Waals surface area (Å²) in [6, 6.07) is 6.84. The van der Waals surface area contributed by atoms with E-state index in [0.29, 0.717) is 14.3 Å². The highest BCUT2D eigenvalue weighted by molar-refractivity contribution is 14.1. The molecule has 0 aliphatic heterocycles. The van der Waals surface area contributed by atoms with Crippen LogP contribution >= 0.6 is 50.1 Å². The minimum atomic E-state index is -0.932. The third-order valence-electron chi connectivity index (χ3n) is 2.41. The first-order valence-corrected chi connectivity index (χ1v) is 7.54.